The van der Waals surface area contributed by atoms with E-state index in [0.717, 1.165) is 23.3 Å². The van der Waals surface area contributed by atoms with E-state index in [1.165, 1.54) is 23.3 Å². The molecule has 0 radical (unpaired) electrons. The van der Waals surface area contributed by atoms with E-state index in [1.54, 1.807) is 0 Å². The minimum atomic E-state index is -4.29. The maximum atomic E-state index is 12.6. The molecule has 0 aliphatic rings. The number of rotatable bonds is 4. The highest BCUT2D eigenvalue weighted by Crippen LogP contribution is 2.30. The van der Waals surface area contributed by atoms with E-state index in [1.807, 2.05) is 13.8 Å². The van der Waals surface area contributed by atoms with Gasteiger partial charge >= 0.3 is 6.18 Å². The van der Waals surface area contributed by atoms with Gasteiger partial charge in [0.05, 0.1) is 5.56 Å². The van der Waals surface area contributed by atoms with E-state index in [0.29, 0.717) is 13.0 Å². The van der Waals surface area contributed by atoms with Crippen LogP contribution in [0.15, 0.2) is 42.5 Å². The van der Waals surface area contributed by atoms with Crippen LogP contribution >= 0.6 is 0 Å². The van der Waals surface area contributed by atoms with Gasteiger partial charge in [0, 0.05) is 5.92 Å². The molecule has 118 valence electrons. The minimum absolute atomic E-state index is 0.107. The van der Waals surface area contributed by atoms with Crippen molar-refractivity contribution in [2.75, 3.05) is 6.54 Å². The van der Waals surface area contributed by atoms with Crippen molar-refractivity contribution in [1.29, 1.82) is 0 Å². The number of halogens is 3. The van der Waals surface area contributed by atoms with Gasteiger partial charge in [-0.05, 0) is 50.1 Å². The third-order valence-electron chi connectivity index (χ3n) is 3.76. The zero-order valence-corrected chi connectivity index (χ0v) is 12.7. The molecule has 1 nitrogen and oxygen atoms in total. The molecule has 0 fully saturated rings. The third kappa shape index (κ3) is 4.10. The van der Waals surface area contributed by atoms with Gasteiger partial charge in [0.25, 0.3) is 0 Å². The summed E-state index contributed by atoms with van der Waals surface area (Å²) in [6.07, 6.45) is -3.66. The molecular weight excluding hydrogens is 287 g/mol. The Hall–Kier alpha value is -1.81. The van der Waals surface area contributed by atoms with Crippen LogP contribution in [0.3, 0.4) is 0 Å². The lowest BCUT2D eigenvalue weighted by Crippen LogP contribution is -2.15. The van der Waals surface area contributed by atoms with Gasteiger partial charge < -0.3 is 5.73 Å². The Kier molecular flexibility index (Phi) is 4.91. The molecule has 0 aliphatic heterocycles. The first kappa shape index (κ1) is 16.6. The number of alkyl halides is 3. The molecule has 0 heterocycles. The Labute approximate surface area is 129 Å². The fourth-order valence-corrected chi connectivity index (χ4v) is 2.70. The van der Waals surface area contributed by atoms with Crippen molar-refractivity contribution in [3.05, 3.63) is 70.3 Å². The largest absolute Gasteiger partial charge is 0.416 e. The van der Waals surface area contributed by atoms with Gasteiger partial charge in [-0.3, -0.25) is 0 Å². The third-order valence-corrected chi connectivity index (χ3v) is 3.76. The Morgan fingerprint density at radius 2 is 1.50 bits per heavy atom. The van der Waals surface area contributed by atoms with Gasteiger partial charge in [-0.1, -0.05) is 41.5 Å². The maximum Gasteiger partial charge on any atom is 0.416 e. The zero-order valence-electron chi connectivity index (χ0n) is 12.7. The molecular formula is C18H20F3N. The summed E-state index contributed by atoms with van der Waals surface area (Å²) in [6.45, 7) is 4.52. The Morgan fingerprint density at radius 1 is 0.955 bits per heavy atom. The van der Waals surface area contributed by atoms with Crippen molar-refractivity contribution in [2.24, 2.45) is 5.73 Å². The van der Waals surface area contributed by atoms with Crippen molar-refractivity contribution < 1.29 is 13.2 Å². The van der Waals surface area contributed by atoms with Crippen molar-refractivity contribution in [3.8, 4) is 0 Å². The number of benzene rings is 2. The summed E-state index contributed by atoms with van der Waals surface area (Å²) >= 11 is 0. The average molecular weight is 307 g/mol. The van der Waals surface area contributed by atoms with E-state index in [9.17, 15) is 13.2 Å². The average Bonchev–Trinajstić information content (AvgIpc) is 2.43. The lowest BCUT2D eigenvalue weighted by molar-refractivity contribution is -0.137. The Bertz CT molecular complexity index is 610. The molecule has 1 atom stereocenters. The minimum Gasteiger partial charge on any atom is -0.330 e. The molecule has 2 aromatic rings. The van der Waals surface area contributed by atoms with Gasteiger partial charge in [0.1, 0.15) is 0 Å². The summed E-state index contributed by atoms with van der Waals surface area (Å²) in [6, 6.07) is 11.6. The summed E-state index contributed by atoms with van der Waals surface area (Å²) in [5, 5.41) is 0. The van der Waals surface area contributed by atoms with Crippen LogP contribution < -0.4 is 5.73 Å². The summed E-state index contributed by atoms with van der Waals surface area (Å²) in [5.41, 5.74) is 9.59. The highest BCUT2D eigenvalue weighted by Gasteiger charge is 2.30. The molecule has 0 amide bonds. The Balaban J connectivity index is 2.20. The number of nitrogens with two attached hydrogens (primary N) is 1. The first-order chi connectivity index (χ1) is 10.3. The van der Waals surface area contributed by atoms with Gasteiger partial charge in [-0.2, -0.15) is 13.2 Å². The molecule has 0 saturated heterocycles. The molecule has 0 bridgehead atoms. The van der Waals surface area contributed by atoms with E-state index >= 15 is 0 Å². The molecule has 0 spiro atoms. The number of hydrogen-bond donors (Lipinski definition) is 1. The van der Waals surface area contributed by atoms with E-state index in [2.05, 4.69) is 18.2 Å². The molecule has 0 saturated carbocycles. The highest BCUT2D eigenvalue weighted by atomic mass is 19.4. The highest BCUT2D eigenvalue weighted by molar-refractivity contribution is 5.33. The van der Waals surface area contributed by atoms with Crippen LogP contribution in [0.25, 0.3) is 0 Å². The van der Waals surface area contributed by atoms with Crippen molar-refractivity contribution in [2.45, 2.75) is 32.4 Å². The van der Waals surface area contributed by atoms with Crippen LogP contribution in [0, 0.1) is 13.8 Å². The zero-order chi connectivity index (χ0) is 16.3. The lowest BCUT2D eigenvalue weighted by Gasteiger charge is -2.17. The monoisotopic (exact) mass is 307 g/mol. The predicted octanol–water partition coefficient (Wildman–Crippen LogP) is 4.61. The van der Waals surface area contributed by atoms with E-state index < -0.39 is 11.7 Å². The fraction of sp³-hybridized carbons (Fsp3) is 0.333. The maximum absolute atomic E-state index is 12.6. The summed E-state index contributed by atoms with van der Waals surface area (Å²) < 4.78 is 37.7. The van der Waals surface area contributed by atoms with E-state index in [4.69, 9.17) is 5.73 Å². The van der Waals surface area contributed by atoms with Crippen LogP contribution in [0.1, 0.15) is 33.7 Å². The second-order valence-corrected chi connectivity index (χ2v) is 5.75. The molecule has 2 rings (SSSR count). The van der Waals surface area contributed by atoms with Gasteiger partial charge in [0.2, 0.25) is 0 Å². The Morgan fingerprint density at radius 3 is 1.95 bits per heavy atom. The summed E-state index contributed by atoms with van der Waals surface area (Å²) in [4.78, 5) is 0. The molecule has 2 aromatic carbocycles. The van der Waals surface area contributed by atoms with Gasteiger partial charge in [-0.15, -0.1) is 0 Å². The lowest BCUT2D eigenvalue weighted by atomic mass is 9.90. The fourth-order valence-electron chi connectivity index (χ4n) is 2.70. The first-order valence-electron chi connectivity index (χ1n) is 7.24. The molecule has 1 unspecified atom stereocenters. The summed E-state index contributed by atoms with van der Waals surface area (Å²) in [5.74, 6) is 0.107. The topological polar surface area (TPSA) is 26.0 Å². The van der Waals surface area contributed by atoms with Gasteiger partial charge in [-0.25, -0.2) is 0 Å². The van der Waals surface area contributed by atoms with Crippen LogP contribution in [-0.4, -0.2) is 6.54 Å². The number of aryl methyl sites for hydroxylation is 2. The second-order valence-electron chi connectivity index (χ2n) is 5.75. The molecule has 2 N–H and O–H groups in total. The van der Waals surface area contributed by atoms with Crippen molar-refractivity contribution in [3.63, 3.8) is 0 Å². The normalized spacial score (nSPS) is 13.2. The van der Waals surface area contributed by atoms with Gasteiger partial charge in [0.15, 0.2) is 0 Å². The molecule has 22 heavy (non-hydrogen) atoms. The molecule has 0 aliphatic carbocycles. The molecule has 0 aromatic heterocycles. The SMILES string of the molecule is Cc1cc(C)cc(C(CN)Cc2ccc(C(F)(F)F)cc2)c1. The van der Waals surface area contributed by atoms with Crippen LogP contribution in [-0.2, 0) is 12.6 Å². The first-order valence-corrected chi connectivity index (χ1v) is 7.24. The standard InChI is InChI=1S/C18H20F3N/c1-12-7-13(2)9-15(8-12)16(11-22)10-14-3-5-17(6-4-14)18(19,20)21/h3-9,16H,10-11,22H2,1-2H3. The molecule has 4 heteroatoms. The van der Waals surface area contributed by atoms with Crippen LogP contribution in [0.2, 0.25) is 0 Å². The second kappa shape index (κ2) is 6.53. The smallest absolute Gasteiger partial charge is 0.330 e. The quantitative estimate of drug-likeness (QED) is 0.877. The summed E-state index contributed by atoms with van der Waals surface area (Å²) in [7, 11) is 0. The van der Waals surface area contributed by atoms with Crippen molar-refractivity contribution >= 4 is 0 Å². The van der Waals surface area contributed by atoms with Crippen LogP contribution in [0.4, 0.5) is 13.2 Å². The van der Waals surface area contributed by atoms with Crippen LogP contribution in [0.5, 0.6) is 0 Å². The number of hydrogen-bond acceptors (Lipinski definition) is 1. The van der Waals surface area contributed by atoms with Crippen molar-refractivity contribution in [1.82, 2.24) is 0 Å². The van der Waals surface area contributed by atoms with E-state index in [-0.39, 0.29) is 5.92 Å². The predicted molar refractivity (Wildman–Crippen MR) is 82.9 cm³/mol.